The smallest absolute Gasteiger partial charge is 0.148 e. The summed E-state index contributed by atoms with van der Waals surface area (Å²) in [4.78, 5) is 17.1. The van der Waals surface area contributed by atoms with E-state index < -0.39 is 0 Å². The van der Waals surface area contributed by atoms with Gasteiger partial charge >= 0.3 is 0 Å². The maximum absolute atomic E-state index is 11.8. The molecule has 0 aliphatic rings. The van der Waals surface area contributed by atoms with Gasteiger partial charge in [-0.1, -0.05) is 34.6 Å². The fraction of sp³-hybridized carbons (Fsp3) is 0.571. The Balaban J connectivity index is 2.64. The van der Waals surface area contributed by atoms with Gasteiger partial charge in [-0.25, -0.2) is 0 Å². The molecule has 1 rings (SSSR count). The van der Waals surface area contributed by atoms with Gasteiger partial charge in [0.05, 0.1) is 5.75 Å². The van der Waals surface area contributed by atoms with Crippen LogP contribution in [0.2, 0.25) is 0 Å². The maximum atomic E-state index is 11.8. The Bertz CT molecular complexity index is 393. The number of thioether (sulfide) groups is 1. The molecule has 0 spiro atoms. The van der Waals surface area contributed by atoms with Crippen LogP contribution in [-0.4, -0.2) is 16.5 Å². The van der Waals surface area contributed by atoms with E-state index in [-0.39, 0.29) is 11.2 Å². The molecule has 0 bridgehead atoms. The first-order chi connectivity index (χ1) is 7.80. The summed E-state index contributed by atoms with van der Waals surface area (Å²) in [7, 11) is 0. The van der Waals surface area contributed by atoms with Gasteiger partial charge in [-0.2, -0.15) is 0 Å². The molecule has 0 radical (unpaired) electrons. The van der Waals surface area contributed by atoms with E-state index in [9.17, 15) is 4.79 Å². The van der Waals surface area contributed by atoms with Crippen molar-refractivity contribution in [2.75, 3.05) is 5.75 Å². The average molecular weight is 251 g/mol. The molecule has 2 nitrogen and oxygen atoms in total. The summed E-state index contributed by atoms with van der Waals surface area (Å²) in [5.41, 5.74) is 0.967. The summed E-state index contributed by atoms with van der Waals surface area (Å²) < 4.78 is 0. The number of hydrogen-bond donors (Lipinski definition) is 0. The van der Waals surface area contributed by atoms with Crippen LogP contribution < -0.4 is 0 Å². The van der Waals surface area contributed by atoms with E-state index in [4.69, 9.17) is 0 Å². The zero-order chi connectivity index (χ0) is 13.1. The molecule has 0 saturated carbocycles. The molecule has 0 unspecified atom stereocenters. The van der Waals surface area contributed by atoms with Gasteiger partial charge in [-0.15, -0.1) is 11.8 Å². The summed E-state index contributed by atoms with van der Waals surface area (Å²) in [6, 6.07) is 2.12. The second kappa shape index (κ2) is 5.67. The van der Waals surface area contributed by atoms with Crippen molar-refractivity contribution in [3.63, 3.8) is 0 Å². The fourth-order valence-corrected chi connectivity index (χ4v) is 2.28. The first-order valence-corrected chi connectivity index (χ1v) is 6.90. The minimum absolute atomic E-state index is 0.254. The molecule has 94 valence electrons. The van der Waals surface area contributed by atoms with Gasteiger partial charge in [0.2, 0.25) is 0 Å². The zero-order valence-electron chi connectivity index (χ0n) is 11.3. The second-order valence-corrected chi connectivity index (χ2v) is 6.62. The highest BCUT2D eigenvalue weighted by molar-refractivity contribution is 8.00. The fourth-order valence-electron chi connectivity index (χ4n) is 1.20. The molecule has 17 heavy (non-hydrogen) atoms. The topological polar surface area (TPSA) is 30.0 Å². The van der Waals surface area contributed by atoms with E-state index in [0.717, 1.165) is 4.90 Å². The molecule has 1 aromatic rings. The van der Waals surface area contributed by atoms with Crippen molar-refractivity contribution < 1.29 is 4.79 Å². The van der Waals surface area contributed by atoms with Gasteiger partial charge < -0.3 is 0 Å². The van der Waals surface area contributed by atoms with Crippen LogP contribution in [-0.2, 0) is 4.79 Å². The largest absolute Gasteiger partial charge is 0.298 e. The average Bonchev–Trinajstić information content (AvgIpc) is 2.25. The lowest BCUT2D eigenvalue weighted by molar-refractivity contribution is -0.123. The molecule has 0 aliphatic carbocycles. The Morgan fingerprint density at radius 2 is 2.00 bits per heavy atom. The lowest BCUT2D eigenvalue weighted by atomic mass is 9.92. The van der Waals surface area contributed by atoms with Crippen molar-refractivity contribution in [1.82, 2.24) is 4.98 Å². The summed E-state index contributed by atoms with van der Waals surface area (Å²) in [5, 5.41) is 0. The Morgan fingerprint density at radius 1 is 1.35 bits per heavy atom. The normalized spacial score (nSPS) is 11.9. The molecule has 0 fully saturated rings. The molecule has 3 heteroatoms. The third-order valence-electron chi connectivity index (χ3n) is 2.61. The zero-order valence-corrected chi connectivity index (χ0v) is 12.1. The van der Waals surface area contributed by atoms with Crippen LogP contribution in [0.4, 0.5) is 0 Å². The van der Waals surface area contributed by atoms with Crippen molar-refractivity contribution in [2.24, 2.45) is 5.41 Å². The van der Waals surface area contributed by atoms with Crippen molar-refractivity contribution in [3.05, 3.63) is 24.0 Å². The third kappa shape index (κ3) is 4.50. The minimum Gasteiger partial charge on any atom is -0.298 e. The van der Waals surface area contributed by atoms with Crippen LogP contribution in [0.15, 0.2) is 23.4 Å². The van der Waals surface area contributed by atoms with Gasteiger partial charge in [0, 0.05) is 22.7 Å². The highest BCUT2D eigenvalue weighted by atomic mass is 32.2. The number of nitrogens with zero attached hydrogens (tertiary/aromatic N) is 1. The number of hydrogen-bond acceptors (Lipinski definition) is 3. The molecule has 1 aromatic heterocycles. The van der Waals surface area contributed by atoms with Gasteiger partial charge in [0.15, 0.2) is 0 Å². The van der Waals surface area contributed by atoms with Crippen molar-refractivity contribution in [3.8, 4) is 0 Å². The summed E-state index contributed by atoms with van der Waals surface area (Å²) >= 11 is 1.57. The van der Waals surface area contributed by atoms with Crippen molar-refractivity contribution >= 4 is 17.5 Å². The number of rotatable bonds is 4. The Morgan fingerprint density at radius 3 is 2.53 bits per heavy atom. The lowest BCUT2D eigenvalue weighted by Crippen LogP contribution is -2.21. The minimum atomic E-state index is -0.254. The quantitative estimate of drug-likeness (QED) is 0.760. The van der Waals surface area contributed by atoms with E-state index >= 15 is 0 Å². The van der Waals surface area contributed by atoms with Crippen molar-refractivity contribution in [2.45, 2.75) is 45.4 Å². The van der Waals surface area contributed by atoms with Crippen LogP contribution in [0, 0.1) is 5.41 Å². The number of carbonyl (C=O) groups excluding carboxylic acids is 1. The lowest BCUT2D eigenvalue weighted by Gasteiger charge is -2.16. The molecule has 0 aliphatic heterocycles. The van der Waals surface area contributed by atoms with Crippen LogP contribution in [0.1, 0.15) is 46.1 Å². The van der Waals surface area contributed by atoms with Gasteiger partial charge in [0.25, 0.3) is 0 Å². The number of carbonyl (C=O) groups is 1. The summed E-state index contributed by atoms with van der Waals surface area (Å²) in [6.07, 6.45) is 3.72. The monoisotopic (exact) mass is 251 g/mol. The molecule has 0 aromatic carbocycles. The molecule has 1 heterocycles. The van der Waals surface area contributed by atoms with E-state index in [1.807, 2.05) is 33.2 Å². The predicted octanol–water partition coefficient (Wildman–Crippen LogP) is 3.91. The van der Waals surface area contributed by atoms with Crippen molar-refractivity contribution in [1.29, 1.82) is 0 Å². The Hall–Kier alpha value is -0.830. The van der Waals surface area contributed by atoms with Crippen LogP contribution in [0.5, 0.6) is 0 Å². The number of Topliss-reactive ketones (excluding diaryl/α,β-unsaturated/α-hetero) is 1. The standard InChI is InChI=1S/C14H21NOS/c1-10(2)11-6-12(8-15-7-11)17-9-13(16)14(3,4)5/h6-8,10H,9H2,1-5H3. The molecular weight excluding hydrogens is 230 g/mol. The van der Waals surface area contributed by atoms with E-state index in [1.165, 1.54) is 5.56 Å². The first-order valence-electron chi connectivity index (χ1n) is 5.91. The second-order valence-electron chi connectivity index (χ2n) is 5.57. The number of ketones is 1. The predicted molar refractivity (Wildman–Crippen MR) is 73.5 cm³/mol. The summed E-state index contributed by atoms with van der Waals surface area (Å²) in [6.45, 7) is 10.2. The number of aromatic nitrogens is 1. The molecule has 0 N–H and O–H groups in total. The Labute approximate surface area is 108 Å². The SMILES string of the molecule is CC(C)c1cncc(SCC(=O)C(C)(C)C)c1. The maximum Gasteiger partial charge on any atom is 0.148 e. The molecule has 0 amide bonds. The Kier molecular flexibility index (Phi) is 4.75. The molecule has 0 atom stereocenters. The molecule has 0 saturated heterocycles. The van der Waals surface area contributed by atoms with E-state index in [0.29, 0.717) is 11.7 Å². The van der Waals surface area contributed by atoms with Gasteiger partial charge in [0.1, 0.15) is 5.78 Å². The van der Waals surface area contributed by atoms with Gasteiger partial charge in [-0.3, -0.25) is 9.78 Å². The molecular formula is C14H21NOS. The van der Waals surface area contributed by atoms with E-state index in [2.05, 4.69) is 24.9 Å². The van der Waals surface area contributed by atoms with E-state index in [1.54, 1.807) is 11.8 Å². The highest BCUT2D eigenvalue weighted by Crippen LogP contribution is 2.25. The highest BCUT2D eigenvalue weighted by Gasteiger charge is 2.20. The summed E-state index contributed by atoms with van der Waals surface area (Å²) in [5.74, 6) is 1.27. The first kappa shape index (κ1) is 14.2. The van der Waals surface area contributed by atoms with Crippen LogP contribution in [0.25, 0.3) is 0 Å². The number of pyridine rings is 1. The van der Waals surface area contributed by atoms with Crippen LogP contribution >= 0.6 is 11.8 Å². The van der Waals surface area contributed by atoms with Gasteiger partial charge in [-0.05, 0) is 17.5 Å². The van der Waals surface area contributed by atoms with Crippen LogP contribution in [0.3, 0.4) is 0 Å². The third-order valence-corrected chi connectivity index (χ3v) is 3.57.